The molecule has 0 saturated heterocycles. The smallest absolute Gasteiger partial charge is 0.335 e. The molecule has 6 heteroatoms. The van der Waals surface area contributed by atoms with E-state index in [0.717, 1.165) is 16.6 Å². The van der Waals surface area contributed by atoms with E-state index in [-0.39, 0.29) is 11.3 Å². The molecule has 4 rings (SSSR count). The molecule has 6 nitrogen and oxygen atoms in total. The minimum atomic E-state index is -0.978. The molecule has 2 aromatic carbocycles. The van der Waals surface area contributed by atoms with Crippen LogP contribution in [0.2, 0.25) is 0 Å². The SMILES string of the molecule is O=C(O)c1ccc(NC(c2cccnc2)c2ccc3cccnc3c2O)cc1. The van der Waals surface area contributed by atoms with Crippen molar-refractivity contribution in [1.29, 1.82) is 0 Å². The molecule has 0 bridgehead atoms. The highest BCUT2D eigenvalue weighted by Crippen LogP contribution is 2.36. The van der Waals surface area contributed by atoms with Crippen molar-refractivity contribution in [1.82, 2.24) is 9.97 Å². The Bertz CT molecular complexity index is 1130. The van der Waals surface area contributed by atoms with Crippen LogP contribution >= 0.6 is 0 Å². The Morgan fingerprint density at radius 3 is 2.46 bits per heavy atom. The Hall–Kier alpha value is -3.93. The number of phenols is 1. The number of fused-ring (bicyclic) bond motifs is 1. The zero-order valence-corrected chi connectivity index (χ0v) is 14.8. The number of nitrogens with zero attached hydrogens (tertiary/aromatic N) is 2. The topological polar surface area (TPSA) is 95.3 Å². The van der Waals surface area contributed by atoms with Gasteiger partial charge in [-0.15, -0.1) is 0 Å². The maximum Gasteiger partial charge on any atom is 0.335 e. The first-order chi connectivity index (χ1) is 13.6. The summed E-state index contributed by atoms with van der Waals surface area (Å²) in [6, 6.07) is 17.3. The highest BCUT2D eigenvalue weighted by molar-refractivity contribution is 5.88. The summed E-state index contributed by atoms with van der Waals surface area (Å²) in [7, 11) is 0. The molecule has 138 valence electrons. The third-order valence-corrected chi connectivity index (χ3v) is 4.55. The van der Waals surface area contributed by atoms with Crippen LogP contribution in [0.4, 0.5) is 5.69 Å². The lowest BCUT2D eigenvalue weighted by atomic mass is 9.97. The molecule has 0 saturated carbocycles. The van der Waals surface area contributed by atoms with Gasteiger partial charge in [0.2, 0.25) is 0 Å². The van der Waals surface area contributed by atoms with Crippen molar-refractivity contribution < 1.29 is 15.0 Å². The number of nitrogens with one attached hydrogen (secondary N) is 1. The number of benzene rings is 2. The summed E-state index contributed by atoms with van der Waals surface area (Å²) in [4.78, 5) is 19.6. The van der Waals surface area contributed by atoms with Gasteiger partial charge in [-0.2, -0.15) is 0 Å². The standard InChI is InChI=1S/C22H17N3O3/c26-21-18(10-7-14-3-2-12-24-20(14)21)19(16-4-1-11-23-13-16)25-17-8-5-15(6-9-17)22(27)28/h1-13,19,25-26H,(H,27,28). The van der Waals surface area contributed by atoms with E-state index in [2.05, 4.69) is 15.3 Å². The Kier molecular flexibility index (Phi) is 4.60. The number of pyridine rings is 2. The predicted molar refractivity (Wildman–Crippen MR) is 107 cm³/mol. The van der Waals surface area contributed by atoms with Crippen LogP contribution in [0.1, 0.15) is 27.5 Å². The van der Waals surface area contributed by atoms with Crippen molar-refractivity contribution in [3.05, 3.63) is 95.9 Å². The van der Waals surface area contributed by atoms with Crippen molar-refractivity contribution in [2.45, 2.75) is 6.04 Å². The van der Waals surface area contributed by atoms with Gasteiger partial charge in [-0.25, -0.2) is 4.79 Å². The van der Waals surface area contributed by atoms with Gasteiger partial charge in [0.1, 0.15) is 11.3 Å². The van der Waals surface area contributed by atoms with E-state index >= 15 is 0 Å². The largest absolute Gasteiger partial charge is 0.505 e. The maximum absolute atomic E-state index is 11.1. The van der Waals surface area contributed by atoms with Crippen molar-refractivity contribution >= 4 is 22.6 Å². The highest BCUT2D eigenvalue weighted by Gasteiger charge is 2.20. The minimum absolute atomic E-state index is 0.0987. The van der Waals surface area contributed by atoms with Gasteiger partial charge in [0.15, 0.2) is 0 Å². The van der Waals surface area contributed by atoms with Gasteiger partial charge < -0.3 is 15.5 Å². The number of rotatable bonds is 5. The molecular weight excluding hydrogens is 354 g/mol. The number of aromatic hydroxyl groups is 1. The third kappa shape index (κ3) is 3.35. The number of hydrogen-bond donors (Lipinski definition) is 3. The van der Waals surface area contributed by atoms with Crippen LogP contribution in [0.15, 0.2) is 79.3 Å². The van der Waals surface area contributed by atoms with Gasteiger partial charge in [0.05, 0.1) is 11.6 Å². The third-order valence-electron chi connectivity index (χ3n) is 4.55. The fourth-order valence-electron chi connectivity index (χ4n) is 3.14. The summed E-state index contributed by atoms with van der Waals surface area (Å²) in [5.41, 5.74) is 2.97. The zero-order valence-electron chi connectivity index (χ0n) is 14.8. The van der Waals surface area contributed by atoms with Gasteiger partial charge in [-0.1, -0.05) is 24.3 Å². The average Bonchev–Trinajstić information content (AvgIpc) is 2.74. The van der Waals surface area contributed by atoms with Gasteiger partial charge in [0, 0.05) is 35.2 Å². The molecule has 3 N–H and O–H groups in total. The van der Waals surface area contributed by atoms with E-state index in [0.29, 0.717) is 11.1 Å². The molecule has 2 aromatic heterocycles. The summed E-state index contributed by atoms with van der Waals surface area (Å²) in [6.07, 6.45) is 5.05. The first-order valence-electron chi connectivity index (χ1n) is 8.70. The van der Waals surface area contributed by atoms with Crippen molar-refractivity contribution in [3.8, 4) is 5.75 Å². The van der Waals surface area contributed by atoms with Crippen LogP contribution in [0.3, 0.4) is 0 Å². The van der Waals surface area contributed by atoms with Crippen LogP contribution < -0.4 is 5.32 Å². The summed E-state index contributed by atoms with van der Waals surface area (Å²) in [5, 5.41) is 24.2. The van der Waals surface area contributed by atoms with Gasteiger partial charge in [0.25, 0.3) is 0 Å². The van der Waals surface area contributed by atoms with Gasteiger partial charge >= 0.3 is 5.97 Å². The number of hydrogen-bond acceptors (Lipinski definition) is 5. The fourth-order valence-corrected chi connectivity index (χ4v) is 3.14. The molecule has 2 heterocycles. The van der Waals surface area contributed by atoms with E-state index in [1.165, 1.54) is 12.1 Å². The van der Waals surface area contributed by atoms with E-state index < -0.39 is 12.0 Å². The fraction of sp³-hybridized carbons (Fsp3) is 0.0455. The first kappa shape index (κ1) is 17.5. The second-order valence-corrected chi connectivity index (χ2v) is 6.32. The number of aromatic carboxylic acids is 1. The summed E-state index contributed by atoms with van der Waals surface area (Å²) >= 11 is 0. The molecule has 0 radical (unpaired) electrons. The number of aromatic nitrogens is 2. The van der Waals surface area contributed by atoms with E-state index in [9.17, 15) is 9.90 Å². The number of phenolic OH excluding ortho intramolecular Hbond substituents is 1. The molecule has 0 amide bonds. The summed E-state index contributed by atoms with van der Waals surface area (Å²) in [5.74, 6) is -0.879. The lowest BCUT2D eigenvalue weighted by Crippen LogP contribution is -2.13. The van der Waals surface area contributed by atoms with Crippen LogP contribution in [0.25, 0.3) is 10.9 Å². The molecular formula is C22H17N3O3. The lowest BCUT2D eigenvalue weighted by molar-refractivity contribution is 0.0697. The molecule has 0 spiro atoms. The van der Waals surface area contributed by atoms with Crippen LogP contribution in [0.5, 0.6) is 5.75 Å². The molecule has 0 aliphatic rings. The van der Waals surface area contributed by atoms with Crippen LogP contribution in [-0.2, 0) is 0 Å². The molecule has 4 aromatic rings. The van der Waals surface area contributed by atoms with Crippen LogP contribution in [-0.4, -0.2) is 26.2 Å². The Morgan fingerprint density at radius 1 is 0.964 bits per heavy atom. The van der Waals surface area contributed by atoms with E-state index in [4.69, 9.17) is 5.11 Å². The van der Waals surface area contributed by atoms with Crippen molar-refractivity contribution in [2.75, 3.05) is 5.32 Å². The van der Waals surface area contributed by atoms with Crippen molar-refractivity contribution in [3.63, 3.8) is 0 Å². The minimum Gasteiger partial charge on any atom is -0.505 e. The molecule has 0 fully saturated rings. The summed E-state index contributed by atoms with van der Waals surface area (Å²) in [6.45, 7) is 0. The first-order valence-corrected chi connectivity index (χ1v) is 8.70. The van der Waals surface area contributed by atoms with E-state index in [1.807, 2.05) is 36.4 Å². The second kappa shape index (κ2) is 7.36. The van der Waals surface area contributed by atoms with E-state index in [1.54, 1.807) is 30.7 Å². The quantitative estimate of drug-likeness (QED) is 0.486. The monoisotopic (exact) mass is 371 g/mol. The number of carboxylic acid groups (broad SMARTS) is 1. The molecule has 0 aliphatic carbocycles. The molecule has 28 heavy (non-hydrogen) atoms. The van der Waals surface area contributed by atoms with Crippen LogP contribution in [0, 0.1) is 0 Å². The average molecular weight is 371 g/mol. The Balaban J connectivity index is 1.78. The highest BCUT2D eigenvalue weighted by atomic mass is 16.4. The predicted octanol–water partition coefficient (Wildman–Crippen LogP) is 4.24. The Labute approximate surface area is 161 Å². The van der Waals surface area contributed by atoms with Crippen molar-refractivity contribution in [2.24, 2.45) is 0 Å². The number of anilines is 1. The lowest BCUT2D eigenvalue weighted by Gasteiger charge is -2.22. The molecule has 1 atom stereocenters. The molecule has 0 aliphatic heterocycles. The van der Waals surface area contributed by atoms with Gasteiger partial charge in [-0.05, 0) is 42.0 Å². The number of carboxylic acids is 1. The second-order valence-electron chi connectivity index (χ2n) is 6.32. The molecule has 1 unspecified atom stereocenters. The summed E-state index contributed by atoms with van der Waals surface area (Å²) < 4.78 is 0. The normalized spacial score (nSPS) is 11.9. The zero-order chi connectivity index (χ0) is 19.5. The Morgan fingerprint density at radius 2 is 1.75 bits per heavy atom. The van der Waals surface area contributed by atoms with Gasteiger partial charge in [-0.3, -0.25) is 9.97 Å². The number of carbonyl (C=O) groups is 1. The maximum atomic E-state index is 11.1.